The number of rotatable bonds is 3. The highest BCUT2D eigenvalue weighted by Gasteiger charge is 2.34. The van der Waals surface area contributed by atoms with E-state index in [0.717, 1.165) is 5.56 Å². The Kier molecular flexibility index (Phi) is 3.08. The van der Waals surface area contributed by atoms with Crippen molar-refractivity contribution in [2.45, 2.75) is 25.6 Å². The van der Waals surface area contributed by atoms with Crippen molar-refractivity contribution >= 4 is 5.97 Å². The Balaban J connectivity index is 1.84. The Bertz CT molecular complexity index is 374. The molecule has 0 aliphatic carbocycles. The predicted molar refractivity (Wildman–Crippen MR) is 56.1 cm³/mol. The topological polar surface area (TPSA) is 35.5 Å². The molecule has 1 fully saturated rings. The number of esters is 1. The lowest BCUT2D eigenvalue weighted by Crippen LogP contribution is -2.17. The molecule has 16 heavy (non-hydrogen) atoms. The Morgan fingerprint density at radius 1 is 1.44 bits per heavy atom. The molecule has 1 aliphatic heterocycles. The van der Waals surface area contributed by atoms with Gasteiger partial charge in [0, 0.05) is 6.42 Å². The van der Waals surface area contributed by atoms with Crippen molar-refractivity contribution in [3.8, 4) is 5.75 Å². The average molecular weight is 224 g/mol. The molecule has 4 heteroatoms. The van der Waals surface area contributed by atoms with Crippen LogP contribution in [0.1, 0.15) is 12.0 Å². The molecule has 0 saturated carbocycles. The van der Waals surface area contributed by atoms with Crippen molar-refractivity contribution in [2.24, 2.45) is 0 Å². The van der Waals surface area contributed by atoms with Gasteiger partial charge in [-0.1, -0.05) is 17.7 Å². The number of aryl methyl sites for hydroxylation is 1. The molecule has 1 aliphatic rings. The van der Waals surface area contributed by atoms with Gasteiger partial charge in [-0.25, -0.2) is 9.18 Å². The van der Waals surface area contributed by atoms with Gasteiger partial charge >= 0.3 is 5.97 Å². The zero-order valence-corrected chi connectivity index (χ0v) is 8.98. The van der Waals surface area contributed by atoms with Gasteiger partial charge in [0.25, 0.3) is 0 Å². The normalized spacial score (nSPS) is 24.2. The fraction of sp³-hybridized carbons (Fsp3) is 0.417. The van der Waals surface area contributed by atoms with Crippen LogP contribution in [0.3, 0.4) is 0 Å². The molecule has 0 unspecified atom stereocenters. The van der Waals surface area contributed by atoms with E-state index < -0.39 is 18.2 Å². The quantitative estimate of drug-likeness (QED) is 0.737. The minimum Gasteiger partial charge on any atom is -0.490 e. The molecule has 1 aromatic rings. The summed E-state index contributed by atoms with van der Waals surface area (Å²) >= 11 is 0. The fourth-order valence-corrected chi connectivity index (χ4v) is 1.54. The SMILES string of the molecule is Cc1ccc(OC[C@@H]2C[C@H](F)C(=O)O2)cc1. The van der Waals surface area contributed by atoms with Crippen LogP contribution in [0.25, 0.3) is 0 Å². The largest absolute Gasteiger partial charge is 0.490 e. The molecule has 2 rings (SSSR count). The molecule has 0 spiro atoms. The molecule has 0 N–H and O–H groups in total. The molecule has 0 radical (unpaired) electrons. The standard InChI is InChI=1S/C12H13FO3/c1-8-2-4-9(5-3-8)15-7-10-6-11(13)12(14)16-10/h2-5,10-11H,6-7H2,1H3/t10-,11-/m0/s1. The number of ether oxygens (including phenoxy) is 2. The third kappa shape index (κ3) is 2.51. The number of halogens is 1. The van der Waals surface area contributed by atoms with Crippen molar-refractivity contribution in [1.82, 2.24) is 0 Å². The monoisotopic (exact) mass is 224 g/mol. The van der Waals surface area contributed by atoms with E-state index in [1.807, 2.05) is 31.2 Å². The summed E-state index contributed by atoms with van der Waals surface area (Å²) in [5.41, 5.74) is 1.14. The van der Waals surface area contributed by atoms with Crippen LogP contribution in [0.15, 0.2) is 24.3 Å². The minimum absolute atomic E-state index is 0.0880. The number of hydrogen-bond donors (Lipinski definition) is 0. The van der Waals surface area contributed by atoms with Crippen LogP contribution in [-0.4, -0.2) is 24.9 Å². The summed E-state index contributed by atoms with van der Waals surface area (Å²) < 4.78 is 23.0. The number of alkyl halides is 1. The van der Waals surface area contributed by atoms with E-state index in [-0.39, 0.29) is 13.0 Å². The molecule has 0 bridgehead atoms. The zero-order chi connectivity index (χ0) is 11.5. The van der Waals surface area contributed by atoms with Crippen molar-refractivity contribution in [3.05, 3.63) is 29.8 Å². The van der Waals surface area contributed by atoms with Crippen LogP contribution in [0.5, 0.6) is 5.75 Å². The fourth-order valence-electron chi connectivity index (χ4n) is 1.54. The smallest absolute Gasteiger partial charge is 0.341 e. The van der Waals surface area contributed by atoms with E-state index >= 15 is 0 Å². The lowest BCUT2D eigenvalue weighted by Gasteiger charge is -2.10. The first-order chi connectivity index (χ1) is 7.65. The summed E-state index contributed by atoms with van der Waals surface area (Å²) in [6.07, 6.45) is -1.87. The Hall–Kier alpha value is -1.58. The van der Waals surface area contributed by atoms with E-state index in [2.05, 4.69) is 0 Å². The lowest BCUT2D eigenvalue weighted by atomic mass is 10.2. The third-order valence-electron chi connectivity index (χ3n) is 2.47. The first-order valence-electron chi connectivity index (χ1n) is 5.19. The van der Waals surface area contributed by atoms with Gasteiger partial charge in [-0.15, -0.1) is 0 Å². The van der Waals surface area contributed by atoms with Crippen LogP contribution in [0.4, 0.5) is 4.39 Å². The van der Waals surface area contributed by atoms with Crippen LogP contribution in [-0.2, 0) is 9.53 Å². The zero-order valence-electron chi connectivity index (χ0n) is 8.98. The van der Waals surface area contributed by atoms with E-state index in [0.29, 0.717) is 5.75 Å². The summed E-state index contributed by atoms with van der Waals surface area (Å²) in [5.74, 6) is -0.0820. The first-order valence-corrected chi connectivity index (χ1v) is 5.19. The highest BCUT2D eigenvalue weighted by Crippen LogP contribution is 2.19. The second-order valence-electron chi connectivity index (χ2n) is 3.89. The Labute approximate surface area is 93.2 Å². The number of carbonyl (C=O) groups excluding carboxylic acids is 1. The van der Waals surface area contributed by atoms with Crippen molar-refractivity contribution in [2.75, 3.05) is 6.61 Å². The molecular formula is C12H13FO3. The highest BCUT2D eigenvalue weighted by atomic mass is 19.1. The van der Waals surface area contributed by atoms with Gasteiger partial charge in [-0.2, -0.15) is 0 Å². The number of benzene rings is 1. The van der Waals surface area contributed by atoms with Crippen LogP contribution in [0.2, 0.25) is 0 Å². The Morgan fingerprint density at radius 3 is 2.69 bits per heavy atom. The molecule has 0 amide bonds. The molecule has 0 aromatic heterocycles. The summed E-state index contributed by atoms with van der Waals surface area (Å²) in [4.78, 5) is 10.8. The number of hydrogen-bond acceptors (Lipinski definition) is 3. The summed E-state index contributed by atoms with van der Waals surface area (Å²) in [5, 5.41) is 0. The van der Waals surface area contributed by atoms with Crippen LogP contribution < -0.4 is 4.74 Å². The third-order valence-corrected chi connectivity index (χ3v) is 2.47. The van der Waals surface area contributed by atoms with E-state index in [1.165, 1.54) is 0 Å². The van der Waals surface area contributed by atoms with Gasteiger partial charge in [-0.3, -0.25) is 0 Å². The molecule has 3 nitrogen and oxygen atoms in total. The van der Waals surface area contributed by atoms with E-state index in [4.69, 9.17) is 9.47 Å². The van der Waals surface area contributed by atoms with Gasteiger partial charge in [0.1, 0.15) is 18.5 Å². The maximum Gasteiger partial charge on any atom is 0.341 e. The van der Waals surface area contributed by atoms with Crippen molar-refractivity contribution in [1.29, 1.82) is 0 Å². The molecule has 1 heterocycles. The van der Waals surface area contributed by atoms with Gasteiger partial charge in [-0.05, 0) is 19.1 Å². The maximum absolute atomic E-state index is 12.8. The number of cyclic esters (lactones) is 1. The Morgan fingerprint density at radius 2 is 2.12 bits per heavy atom. The van der Waals surface area contributed by atoms with Gasteiger partial charge in [0.2, 0.25) is 6.17 Å². The van der Waals surface area contributed by atoms with Gasteiger partial charge in [0.05, 0.1) is 0 Å². The number of carbonyl (C=O) groups is 1. The summed E-state index contributed by atoms with van der Waals surface area (Å²) in [6.45, 7) is 2.19. The molecule has 2 atom stereocenters. The van der Waals surface area contributed by atoms with Gasteiger partial charge in [0.15, 0.2) is 0 Å². The molecule has 1 saturated heterocycles. The summed E-state index contributed by atoms with van der Waals surface area (Å²) in [7, 11) is 0. The highest BCUT2D eigenvalue weighted by molar-refractivity contribution is 5.76. The predicted octanol–water partition coefficient (Wildman–Crippen LogP) is 2.03. The molecular weight excluding hydrogens is 211 g/mol. The van der Waals surface area contributed by atoms with Crippen LogP contribution in [0, 0.1) is 6.92 Å². The molecule has 1 aromatic carbocycles. The maximum atomic E-state index is 12.8. The summed E-state index contributed by atoms with van der Waals surface area (Å²) in [6, 6.07) is 7.51. The van der Waals surface area contributed by atoms with Crippen molar-refractivity contribution < 1.29 is 18.7 Å². The van der Waals surface area contributed by atoms with Gasteiger partial charge < -0.3 is 9.47 Å². The second kappa shape index (κ2) is 4.51. The average Bonchev–Trinajstić information content (AvgIpc) is 2.58. The minimum atomic E-state index is -1.49. The van der Waals surface area contributed by atoms with Crippen LogP contribution >= 0.6 is 0 Å². The van der Waals surface area contributed by atoms with E-state index in [9.17, 15) is 9.18 Å². The first kappa shape index (κ1) is 10.9. The van der Waals surface area contributed by atoms with E-state index in [1.54, 1.807) is 0 Å². The molecule has 86 valence electrons. The lowest BCUT2D eigenvalue weighted by molar-refractivity contribution is -0.145. The van der Waals surface area contributed by atoms with Crippen molar-refractivity contribution in [3.63, 3.8) is 0 Å². The second-order valence-corrected chi connectivity index (χ2v) is 3.89.